The lowest BCUT2D eigenvalue weighted by Gasteiger charge is -2.30. The third-order valence-electron chi connectivity index (χ3n) is 6.33. The van der Waals surface area contributed by atoms with Crippen molar-refractivity contribution in [1.82, 2.24) is 14.5 Å². The predicted octanol–water partition coefficient (Wildman–Crippen LogP) is 6.44. The highest BCUT2D eigenvalue weighted by Crippen LogP contribution is 2.30. The van der Waals surface area contributed by atoms with Crippen molar-refractivity contribution in [3.63, 3.8) is 0 Å². The first kappa shape index (κ1) is 22.5. The summed E-state index contributed by atoms with van der Waals surface area (Å²) in [7, 11) is 0. The number of rotatable bonds is 7. The summed E-state index contributed by atoms with van der Waals surface area (Å²) in [6.45, 7) is 4.90. The first-order chi connectivity index (χ1) is 15.1. The van der Waals surface area contributed by atoms with Crippen LogP contribution < -0.4 is 0 Å². The fourth-order valence-corrected chi connectivity index (χ4v) is 5.60. The second kappa shape index (κ2) is 10.7. The van der Waals surface area contributed by atoms with E-state index in [2.05, 4.69) is 17.6 Å². The van der Waals surface area contributed by atoms with E-state index in [9.17, 15) is 4.79 Å². The van der Waals surface area contributed by atoms with Crippen LogP contribution in [0.2, 0.25) is 5.02 Å². The molecule has 1 atom stereocenters. The van der Waals surface area contributed by atoms with Gasteiger partial charge in [0.05, 0.1) is 17.6 Å². The minimum absolute atomic E-state index is 0.231. The minimum Gasteiger partial charge on any atom is -0.342 e. The molecular formula is C25H32ClN3OS. The SMILES string of the molecule is C[C@H]1CCCN(C(=O)CSc2ncc(-c3ccc(Cl)cc3)n2CCC2=CCCCC2)C1. The van der Waals surface area contributed by atoms with E-state index in [4.69, 9.17) is 16.6 Å². The maximum Gasteiger partial charge on any atom is 0.233 e. The van der Waals surface area contributed by atoms with E-state index in [1.807, 2.05) is 35.4 Å². The number of likely N-dealkylation sites (tertiary alicyclic amines) is 1. The van der Waals surface area contributed by atoms with Crippen LogP contribution in [0.3, 0.4) is 0 Å². The zero-order valence-electron chi connectivity index (χ0n) is 18.4. The van der Waals surface area contributed by atoms with Crippen LogP contribution in [-0.4, -0.2) is 39.2 Å². The molecule has 0 spiro atoms. The largest absolute Gasteiger partial charge is 0.342 e. The molecule has 2 aromatic rings. The molecule has 1 aliphatic carbocycles. The lowest BCUT2D eigenvalue weighted by Crippen LogP contribution is -2.40. The number of piperidine rings is 1. The summed E-state index contributed by atoms with van der Waals surface area (Å²) in [6.07, 6.45) is 12.7. The number of allylic oxidation sites excluding steroid dienone is 2. The third-order valence-corrected chi connectivity index (χ3v) is 7.56. The molecule has 1 aliphatic heterocycles. The van der Waals surface area contributed by atoms with E-state index in [1.165, 1.54) is 32.1 Å². The molecule has 2 heterocycles. The summed E-state index contributed by atoms with van der Waals surface area (Å²) in [6, 6.07) is 7.94. The zero-order chi connectivity index (χ0) is 21.6. The van der Waals surface area contributed by atoms with Gasteiger partial charge in [0.15, 0.2) is 5.16 Å². The van der Waals surface area contributed by atoms with Gasteiger partial charge in [-0.3, -0.25) is 4.79 Å². The Morgan fingerprint density at radius 1 is 1.23 bits per heavy atom. The highest BCUT2D eigenvalue weighted by molar-refractivity contribution is 7.99. The third kappa shape index (κ3) is 5.95. The molecule has 1 fully saturated rings. The number of hydrogen-bond donors (Lipinski definition) is 0. The second-order valence-electron chi connectivity index (χ2n) is 8.82. The lowest BCUT2D eigenvalue weighted by molar-refractivity contribution is -0.130. The number of benzene rings is 1. The van der Waals surface area contributed by atoms with Crippen molar-refractivity contribution in [2.24, 2.45) is 5.92 Å². The maximum atomic E-state index is 12.8. The van der Waals surface area contributed by atoms with Crippen molar-refractivity contribution in [2.45, 2.75) is 63.6 Å². The molecule has 1 amide bonds. The number of carbonyl (C=O) groups excluding carboxylic acids is 1. The Bertz CT molecular complexity index is 921. The normalized spacial score (nSPS) is 19.4. The van der Waals surface area contributed by atoms with Gasteiger partial charge in [-0.05, 0) is 68.6 Å². The lowest BCUT2D eigenvalue weighted by atomic mass is 9.97. The standard InChI is InChI=1S/C25H32ClN3OS/c1-19-6-5-14-28(17-19)24(30)18-31-25-27-16-23(21-9-11-22(26)12-10-21)29(25)15-13-20-7-3-2-4-8-20/h7,9-12,16,19H,2-6,8,13-15,17-18H2,1H3/t19-/m0/s1. The number of aromatic nitrogens is 2. The molecule has 4 rings (SSSR count). The van der Waals surface area contributed by atoms with Crippen molar-refractivity contribution in [2.75, 3.05) is 18.8 Å². The molecule has 0 saturated carbocycles. The molecule has 0 unspecified atom stereocenters. The number of carbonyl (C=O) groups is 1. The minimum atomic E-state index is 0.231. The molecule has 1 aromatic carbocycles. The van der Waals surface area contributed by atoms with Gasteiger partial charge >= 0.3 is 0 Å². The number of amides is 1. The Morgan fingerprint density at radius 2 is 2.06 bits per heavy atom. The molecule has 6 heteroatoms. The van der Waals surface area contributed by atoms with Crippen molar-refractivity contribution in [3.05, 3.63) is 47.1 Å². The molecular weight excluding hydrogens is 426 g/mol. The molecule has 31 heavy (non-hydrogen) atoms. The molecule has 4 nitrogen and oxygen atoms in total. The predicted molar refractivity (Wildman–Crippen MR) is 130 cm³/mol. The van der Waals surface area contributed by atoms with E-state index >= 15 is 0 Å². The molecule has 1 saturated heterocycles. The molecule has 166 valence electrons. The van der Waals surface area contributed by atoms with Gasteiger partial charge < -0.3 is 9.47 Å². The van der Waals surface area contributed by atoms with Crippen molar-refractivity contribution in [1.29, 1.82) is 0 Å². The van der Waals surface area contributed by atoms with Gasteiger partial charge in [-0.15, -0.1) is 0 Å². The van der Waals surface area contributed by atoms with Crippen molar-refractivity contribution < 1.29 is 4.79 Å². The summed E-state index contributed by atoms with van der Waals surface area (Å²) in [5, 5.41) is 1.66. The molecule has 2 aliphatic rings. The number of nitrogens with zero attached hydrogens (tertiary/aromatic N) is 3. The number of hydrogen-bond acceptors (Lipinski definition) is 3. The van der Waals surface area contributed by atoms with E-state index in [0.29, 0.717) is 11.7 Å². The van der Waals surface area contributed by atoms with Crippen LogP contribution in [0.1, 0.15) is 51.9 Å². The Kier molecular flexibility index (Phi) is 7.78. The number of imidazole rings is 1. The van der Waals surface area contributed by atoms with E-state index in [0.717, 1.165) is 53.9 Å². The van der Waals surface area contributed by atoms with Crippen LogP contribution in [0, 0.1) is 5.92 Å². The van der Waals surface area contributed by atoms with Crippen molar-refractivity contribution in [3.8, 4) is 11.3 Å². The quantitative estimate of drug-likeness (QED) is 0.354. The van der Waals surface area contributed by atoms with Gasteiger partial charge in [0.2, 0.25) is 5.91 Å². The Labute approximate surface area is 195 Å². The highest BCUT2D eigenvalue weighted by Gasteiger charge is 2.22. The molecule has 1 aromatic heterocycles. The molecule has 0 radical (unpaired) electrons. The number of halogens is 1. The van der Waals surface area contributed by atoms with E-state index in [1.54, 1.807) is 17.3 Å². The van der Waals surface area contributed by atoms with Gasteiger partial charge in [0, 0.05) is 24.7 Å². The van der Waals surface area contributed by atoms with E-state index < -0.39 is 0 Å². The van der Waals surface area contributed by atoms with Crippen LogP contribution in [0.25, 0.3) is 11.3 Å². The average Bonchev–Trinajstić information content (AvgIpc) is 3.20. The Hall–Kier alpha value is -1.72. The fourth-order valence-electron chi connectivity index (χ4n) is 4.56. The van der Waals surface area contributed by atoms with Gasteiger partial charge in [0.25, 0.3) is 0 Å². The summed E-state index contributed by atoms with van der Waals surface area (Å²) in [5.41, 5.74) is 3.75. The Balaban J connectivity index is 1.49. The van der Waals surface area contributed by atoms with Crippen LogP contribution in [0.4, 0.5) is 0 Å². The van der Waals surface area contributed by atoms with Crippen LogP contribution >= 0.6 is 23.4 Å². The topological polar surface area (TPSA) is 38.1 Å². The fraction of sp³-hybridized carbons (Fsp3) is 0.520. The van der Waals surface area contributed by atoms with Gasteiger partial charge in [-0.1, -0.05) is 54.1 Å². The number of thioether (sulfide) groups is 1. The zero-order valence-corrected chi connectivity index (χ0v) is 19.9. The smallest absolute Gasteiger partial charge is 0.233 e. The molecule has 0 N–H and O–H groups in total. The Morgan fingerprint density at radius 3 is 2.81 bits per heavy atom. The van der Waals surface area contributed by atoms with Gasteiger partial charge in [-0.2, -0.15) is 0 Å². The first-order valence-electron chi connectivity index (χ1n) is 11.5. The summed E-state index contributed by atoms with van der Waals surface area (Å²) in [4.78, 5) is 19.5. The summed E-state index contributed by atoms with van der Waals surface area (Å²) in [5.74, 6) is 1.28. The molecule has 0 bridgehead atoms. The van der Waals surface area contributed by atoms with Gasteiger partial charge in [-0.25, -0.2) is 4.98 Å². The van der Waals surface area contributed by atoms with Gasteiger partial charge in [0.1, 0.15) is 0 Å². The highest BCUT2D eigenvalue weighted by atomic mass is 35.5. The van der Waals surface area contributed by atoms with E-state index in [-0.39, 0.29) is 5.91 Å². The second-order valence-corrected chi connectivity index (χ2v) is 10.2. The summed E-state index contributed by atoms with van der Waals surface area (Å²) >= 11 is 7.67. The van der Waals surface area contributed by atoms with Crippen LogP contribution in [-0.2, 0) is 11.3 Å². The first-order valence-corrected chi connectivity index (χ1v) is 12.9. The monoisotopic (exact) mass is 457 g/mol. The average molecular weight is 458 g/mol. The van der Waals surface area contributed by atoms with Crippen LogP contribution in [0.5, 0.6) is 0 Å². The van der Waals surface area contributed by atoms with Crippen molar-refractivity contribution >= 4 is 29.3 Å². The van der Waals surface area contributed by atoms with Crippen LogP contribution in [0.15, 0.2) is 47.3 Å². The maximum absolute atomic E-state index is 12.8. The summed E-state index contributed by atoms with van der Waals surface area (Å²) < 4.78 is 2.29.